The van der Waals surface area contributed by atoms with Gasteiger partial charge in [-0.05, 0) is 57.1 Å². The molecule has 1 aromatic heterocycles. The van der Waals surface area contributed by atoms with Gasteiger partial charge in [-0.3, -0.25) is 4.99 Å². The van der Waals surface area contributed by atoms with Crippen LogP contribution in [0.2, 0.25) is 5.02 Å². The molecule has 0 amide bonds. The molecule has 0 aliphatic heterocycles. The lowest BCUT2D eigenvalue weighted by molar-refractivity contribution is 0.261. The predicted octanol–water partition coefficient (Wildman–Crippen LogP) is 4.86. The zero-order chi connectivity index (χ0) is 24.9. The van der Waals surface area contributed by atoms with Crippen LogP contribution in [0.4, 0.5) is 11.6 Å². The van der Waals surface area contributed by atoms with Crippen LogP contribution in [0, 0.1) is 6.92 Å². The van der Waals surface area contributed by atoms with Crippen molar-refractivity contribution < 1.29 is 4.74 Å². The number of nitrogens with one attached hydrogen (secondary N) is 1. The molecule has 0 unspecified atom stereocenters. The van der Waals surface area contributed by atoms with Crippen molar-refractivity contribution in [3.63, 3.8) is 0 Å². The minimum atomic E-state index is 0.444. The number of nitrogens with zero attached hydrogens (tertiary/aromatic N) is 4. The number of likely N-dealkylation sites (N-methyl/N-ethyl adjacent to an activating group) is 1. The highest BCUT2D eigenvalue weighted by Crippen LogP contribution is 2.33. The molecule has 0 radical (unpaired) electrons. The number of allylic oxidation sites excluding steroid dienone is 2. The Hall–Kier alpha value is -3.42. The van der Waals surface area contributed by atoms with Crippen molar-refractivity contribution in [1.82, 2.24) is 14.9 Å². The largest absolute Gasteiger partial charge is 0.492 e. The van der Waals surface area contributed by atoms with Gasteiger partial charge >= 0.3 is 0 Å². The highest BCUT2D eigenvalue weighted by atomic mass is 35.5. The molecule has 3 N–H and O–H groups in total. The third kappa shape index (κ3) is 5.63. The Labute approximate surface area is 211 Å². The smallest absolute Gasteiger partial charge is 0.227 e. The molecular weight excluding hydrogens is 460 g/mol. The molecule has 3 aromatic rings. The van der Waals surface area contributed by atoms with Crippen molar-refractivity contribution >= 4 is 34.5 Å². The van der Waals surface area contributed by atoms with E-state index in [9.17, 15) is 0 Å². The molecule has 4 rings (SSSR count). The van der Waals surface area contributed by atoms with Crippen molar-refractivity contribution in [1.29, 1.82) is 0 Å². The molecule has 0 saturated heterocycles. The van der Waals surface area contributed by atoms with E-state index in [0.29, 0.717) is 29.0 Å². The Bertz CT molecular complexity index is 1280. The van der Waals surface area contributed by atoms with Crippen LogP contribution in [0.5, 0.6) is 5.75 Å². The van der Waals surface area contributed by atoms with Gasteiger partial charge in [0.15, 0.2) is 0 Å². The highest BCUT2D eigenvalue weighted by molar-refractivity contribution is 6.33. The first-order valence-corrected chi connectivity index (χ1v) is 12.0. The number of ether oxygens (including phenoxy) is 1. The first-order chi connectivity index (χ1) is 16.9. The first kappa shape index (κ1) is 24.7. The van der Waals surface area contributed by atoms with Crippen molar-refractivity contribution in [2.24, 2.45) is 10.7 Å². The van der Waals surface area contributed by atoms with E-state index in [2.05, 4.69) is 39.2 Å². The molecule has 0 saturated carbocycles. The Morgan fingerprint density at radius 1 is 1.20 bits per heavy atom. The SMILES string of the molecule is CN=C(C1=C(N)CCc2cnc(Nc3ccc(OCCN(C)C)cc3Cl)nc21)c1ccccc1C. The average Bonchev–Trinajstić information content (AvgIpc) is 2.83. The van der Waals surface area contributed by atoms with Gasteiger partial charge < -0.3 is 20.7 Å². The summed E-state index contributed by atoms with van der Waals surface area (Å²) in [5.41, 5.74) is 13.7. The summed E-state index contributed by atoms with van der Waals surface area (Å²) in [6.07, 6.45) is 3.38. The predicted molar refractivity (Wildman–Crippen MR) is 144 cm³/mol. The van der Waals surface area contributed by atoms with E-state index < -0.39 is 0 Å². The number of aryl methyl sites for hydroxylation is 2. The third-order valence-electron chi connectivity index (χ3n) is 5.94. The summed E-state index contributed by atoms with van der Waals surface area (Å²) >= 11 is 6.53. The number of aromatic nitrogens is 2. The van der Waals surface area contributed by atoms with Gasteiger partial charge in [-0.2, -0.15) is 0 Å². The second-order valence-corrected chi connectivity index (χ2v) is 9.18. The summed E-state index contributed by atoms with van der Waals surface area (Å²) in [4.78, 5) is 16.1. The second kappa shape index (κ2) is 10.9. The summed E-state index contributed by atoms with van der Waals surface area (Å²) < 4.78 is 5.78. The lowest BCUT2D eigenvalue weighted by atomic mass is 9.87. The molecule has 0 fully saturated rings. The zero-order valence-electron chi connectivity index (χ0n) is 20.6. The van der Waals surface area contributed by atoms with Gasteiger partial charge in [0.05, 0.1) is 22.1 Å². The lowest BCUT2D eigenvalue weighted by Gasteiger charge is -2.23. The molecule has 0 atom stereocenters. The Kier molecular flexibility index (Phi) is 7.68. The fourth-order valence-electron chi connectivity index (χ4n) is 4.04. The second-order valence-electron chi connectivity index (χ2n) is 8.77. The Morgan fingerprint density at radius 2 is 2.00 bits per heavy atom. The van der Waals surface area contributed by atoms with Gasteiger partial charge in [-0.15, -0.1) is 0 Å². The van der Waals surface area contributed by atoms with E-state index in [1.54, 1.807) is 13.1 Å². The summed E-state index contributed by atoms with van der Waals surface area (Å²) in [5.74, 6) is 1.16. The summed E-state index contributed by atoms with van der Waals surface area (Å²) in [5, 5.41) is 3.77. The fourth-order valence-corrected chi connectivity index (χ4v) is 4.25. The molecule has 2 aromatic carbocycles. The van der Waals surface area contributed by atoms with Crippen LogP contribution in [0.15, 0.2) is 59.4 Å². The van der Waals surface area contributed by atoms with Gasteiger partial charge in [0.2, 0.25) is 5.95 Å². The van der Waals surface area contributed by atoms with Crippen LogP contribution in [0.25, 0.3) is 5.57 Å². The minimum Gasteiger partial charge on any atom is -0.492 e. The molecule has 0 spiro atoms. The molecule has 1 aliphatic carbocycles. The van der Waals surface area contributed by atoms with Crippen LogP contribution in [-0.2, 0) is 6.42 Å². The highest BCUT2D eigenvalue weighted by Gasteiger charge is 2.25. The molecule has 1 aliphatic rings. The van der Waals surface area contributed by atoms with E-state index in [4.69, 9.17) is 27.1 Å². The van der Waals surface area contributed by atoms with E-state index >= 15 is 0 Å². The number of hydrogen-bond donors (Lipinski definition) is 2. The van der Waals surface area contributed by atoms with E-state index in [1.165, 1.54) is 0 Å². The maximum Gasteiger partial charge on any atom is 0.227 e. The Morgan fingerprint density at radius 3 is 2.71 bits per heavy atom. The summed E-state index contributed by atoms with van der Waals surface area (Å²) in [6, 6.07) is 13.7. The van der Waals surface area contributed by atoms with E-state index in [0.717, 1.165) is 58.8 Å². The third-order valence-corrected chi connectivity index (χ3v) is 6.25. The van der Waals surface area contributed by atoms with Gasteiger partial charge in [0.25, 0.3) is 0 Å². The number of fused-ring (bicyclic) bond motifs is 1. The number of aliphatic imine (C=N–C) groups is 1. The number of anilines is 2. The van der Waals surface area contributed by atoms with Gasteiger partial charge in [-0.25, -0.2) is 9.97 Å². The standard InChI is InChI=1S/C27H31ClN6O/c1-17-7-5-6-8-20(17)26(30-2)24-22(29)11-9-18-16-31-27(33-25(18)24)32-23-12-10-19(15-21(23)28)35-14-13-34(3)4/h5-8,10,12,15-16H,9,11,13-14,29H2,1-4H3,(H,31,32,33). The van der Waals surface area contributed by atoms with Crippen molar-refractivity contribution in [3.05, 3.63) is 81.8 Å². The molecule has 7 nitrogen and oxygen atoms in total. The maximum atomic E-state index is 6.54. The molecule has 0 bridgehead atoms. The van der Waals surface area contributed by atoms with Gasteiger partial charge in [-0.1, -0.05) is 35.9 Å². The summed E-state index contributed by atoms with van der Waals surface area (Å²) in [7, 11) is 5.80. The molecule has 1 heterocycles. The normalized spacial score (nSPS) is 13.7. The number of nitrogens with two attached hydrogens (primary N) is 1. The maximum absolute atomic E-state index is 6.54. The monoisotopic (exact) mass is 490 g/mol. The van der Waals surface area contributed by atoms with Crippen LogP contribution in [-0.4, -0.2) is 54.9 Å². The van der Waals surface area contributed by atoms with Crippen LogP contribution in [0.3, 0.4) is 0 Å². The number of halogens is 1. The van der Waals surface area contributed by atoms with Crippen LogP contribution in [0.1, 0.15) is 28.8 Å². The summed E-state index contributed by atoms with van der Waals surface area (Å²) in [6.45, 7) is 3.48. The molecular formula is C27H31ClN6O. The Balaban J connectivity index is 1.62. The molecule has 8 heteroatoms. The minimum absolute atomic E-state index is 0.444. The van der Waals surface area contributed by atoms with Gasteiger partial charge in [0, 0.05) is 42.7 Å². The number of benzene rings is 2. The topological polar surface area (TPSA) is 88.7 Å². The first-order valence-electron chi connectivity index (χ1n) is 11.6. The number of hydrogen-bond acceptors (Lipinski definition) is 7. The molecule has 35 heavy (non-hydrogen) atoms. The average molecular weight is 491 g/mol. The van der Waals surface area contributed by atoms with Crippen molar-refractivity contribution in [2.45, 2.75) is 19.8 Å². The van der Waals surface area contributed by atoms with E-state index in [-0.39, 0.29) is 0 Å². The lowest BCUT2D eigenvalue weighted by Crippen LogP contribution is -2.20. The van der Waals surface area contributed by atoms with E-state index in [1.807, 2.05) is 44.6 Å². The van der Waals surface area contributed by atoms with Crippen molar-refractivity contribution in [2.75, 3.05) is 39.6 Å². The van der Waals surface area contributed by atoms with Gasteiger partial charge in [0.1, 0.15) is 12.4 Å². The molecule has 182 valence electrons. The number of rotatable bonds is 8. The van der Waals surface area contributed by atoms with Crippen LogP contribution < -0.4 is 15.8 Å². The fraction of sp³-hybridized carbons (Fsp3) is 0.296. The van der Waals surface area contributed by atoms with Crippen molar-refractivity contribution in [3.8, 4) is 5.75 Å². The zero-order valence-corrected chi connectivity index (χ0v) is 21.4. The van der Waals surface area contributed by atoms with Crippen LogP contribution >= 0.6 is 11.6 Å². The quantitative estimate of drug-likeness (QED) is 0.438.